The van der Waals surface area contributed by atoms with Gasteiger partial charge in [-0.2, -0.15) is 0 Å². The van der Waals surface area contributed by atoms with Crippen LogP contribution in [0.3, 0.4) is 0 Å². The minimum absolute atomic E-state index is 0.104. The molecule has 100 valence electrons. The van der Waals surface area contributed by atoms with Gasteiger partial charge in [0.15, 0.2) is 0 Å². The highest BCUT2D eigenvalue weighted by atomic mass is 32.2. The van der Waals surface area contributed by atoms with Crippen LogP contribution in [0.2, 0.25) is 0 Å². The summed E-state index contributed by atoms with van der Waals surface area (Å²) in [5, 5.41) is 1.59. The molecule has 1 aromatic rings. The molecule has 1 aromatic carbocycles. The molecule has 2 rings (SSSR count). The predicted octanol–water partition coefficient (Wildman–Crippen LogP) is 1.85. The molecule has 0 bridgehead atoms. The summed E-state index contributed by atoms with van der Waals surface area (Å²) in [4.78, 5) is 23.5. The van der Waals surface area contributed by atoms with E-state index >= 15 is 0 Å². The summed E-state index contributed by atoms with van der Waals surface area (Å²) in [6.45, 7) is 1.92. The SMILES string of the molecule is CC1C=CSC1C(=O)NNC(=O)c1ccccc1F. The van der Waals surface area contributed by atoms with Crippen molar-refractivity contribution < 1.29 is 14.0 Å². The zero-order valence-corrected chi connectivity index (χ0v) is 11.0. The highest BCUT2D eigenvalue weighted by Gasteiger charge is 2.27. The third kappa shape index (κ3) is 3.14. The first-order chi connectivity index (χ1) is 9.09. The third-order valence-electron chi connectivity index (χ3n) is 2.76. The van der Waals surface area contributed by atoms with Gasteiger partial charge in [0.05, 0.1) is 10.8 Å². The van der Waals surface area contributed by atoms with E-state index in [1.807, 2.05) is 18.4 Å². The number of halogens is 1. The number of hydrogen-bond donors (Lipinski definition) is 2. The van der Waals surface area contributed by atoms with Crippen LogP contribution in [0.4, 0.5) is 4.39 Å². The van der Waals surface area contributed by atoms with Crippen molar-refractivity contribution in [2.75, 3.05) is 0 Å². The molecule has 0 saturated heterocycles. The highest BCUT2D eigenvalue weighted by molar-refractivity contribution is 8.03. The number of carbonyl (C=O) groups is 2. The molecule has 1 aliphatic rings. The summed E-state index contributed by atoms with van der Waals surface area (Å²) in [5.41, 5.74) is 4.43. The van der Waals surface area contributed by atoms with Crippen molar-refractivity contribution in [3.8, 4) is 0 Å². The van der Waals surface area contributed by atoms with Gasteiger partial charge in [-0.1, -0.05) is 25.1 Å². The van der Waals surface area contributed by atoms with Gasteiger partial charge in [-0.3, -0.25) is 20.4 Å². The quantitative estimate of drug-likeness (QED) is 0.813. The summed E-state index contributed by atoms with van der Waals surface area (Å²) >= 11 is 1.39. The Hall–Kier alpha value is -1.82. The van der Waals surface area contributed by atoms with Crippen molar-refractivity contribution in [2.45, 2.75) is 12.2 Å². The van der Waals surface area contributed by atoms with E-state index in [0.29, 0.717) is 0 Å². The van der Waals surface area contributed by atoms with Gasteiger partial charge in [-0.25, -0.2) is 4.39 Å². The Morgan fingerprint density at radius 1 is 1.26 bits per heavy atom. The van der Waals surface area contributed by atoms with Crippen molar-refractivity contribution in [1.29, 1.82) is 0 Å². The fourth-order valence-corrected chi connectivity index (χ4v) is 2.71. The second kappa shape index (κ2) is 5.88. The van der Waals surface area contributed by atoms with Crippen LogP contribution in [0, 0.1) is 11.7 Å². The first-order valence-electron chi connectivity index (χ1n) is 5.76. The number of nitrogens with one attached hydrogen (secondary N) is 2. The maximum atomic E-state index is 13.3. The second-order valence-corrected chi connectivity index (χ2v) is 5.22. The van der Waals surface area contributed by atoms with Gasteiger partial charge in [0, 0.05) is 0 Å². The molecule has 0 aromatic heterocycles. The van der Waals surface area contributed by atoms with Crippen LogP contribution in [0.5, 0.6) is 0 Å². The zero-order chi connectivity index (χ0) is 13.8. The number of benzene rings is 1. The normalized spacial score (nSPS) is 21.2. The third-order valence-corrected chi connectivity index (χ3v) is 4.01. The molecule has 0 spiro atoms. The van der Waals surface area contributed by atoms with E-state index in [4.69, 9.17) is 0 Å². The van der Waals surface area contributed by atoms with Crippen LogP contribution in [-0.2, 0) is 4.79 Å². The summed E-state index contributed by atoms with van der Waals surface area (Å²) in [5.74, 6) is -1.49. The van der Waals surface area contributed by atoms with Crippen molar-refractivity contribution in [3.63, 3.8) is 0 Å². The van der Waals surface area contributed by atoms with Crippen molar-refractivity contribution in [3.05, 3.63) is 47.1 Å². The maximum absolute atomic E-state index is 13.3. The fourth-order valence-electron chi connectivity index (χ4n) is 1.68. The predicted molar refractivity (Wildman–Crippen MR) is 71.7 cm³/mol. The molecule has 1 heterocycles. The lowest BCUT2D eigenvalue weighted by atomic mass is 10.1. The number of hydrazine groups is 1. The van der Waals surface area contributed by atoms with Gasteiger partial charge in [-0.05, 0) is 23.5 Å². The van der Waals surface area contributed by atoms with E-state index in [1.54, 1.807) is 6.07 Å². The summed E-state index contributed by atoms with van der Waals surface area (Å²) < 4.78 is 13.3. The van der Waals surface area contributed by atoms with E-state index in [-0.39, 0.29) is 22.6 Å². The van der Waals surface area contributed by atoms with Gasteiger partial charge < -0.3 is 0 Å². The number of hydrogen-bond acceptors (Lipinski definition) is 3. The van der Waals surface area contributed by atoms with Gasteiger partial charge in [0.1, 0.15) is 5.82 Å². The molecule has 0 fully saturated rings. The van der Waals surface area contributed by atoms with Crippen LogP contribution < -0.4 is 10.9 Å². The maximum Gasteiger partial charge on any atom is 0.272 e. The lowest BCUT2D eigenvalue weighted by Gasteiger charge is -2.15. The smallest absolute Gasteiger partial charge is 0.272 e. The highest BCUT2D eigenvalue weighted by Crippen LogP contribution is 2.29. The molecule has 2 N–H and O–H groups in total. The Labute approximate surface area is 114 Å². The first-order valence-corrected chi connectivity index (χ1v) is 6.70. The van der Waals surface area contributed by atoms with Crippen LogP contribution in [-0.4, -0.2) is 17.1 Å². The minimum Gasteiger partial charge on any atom is -0.272 e. The van der Waals surface area contributed by atoms with E-state index in [0.717, 1.165) is 0 Å². The summed E-state index contributed by atoms with van der Waals surface area (Å²) in [6.07, 6.45) is 1.92. The molecular weight excluding hydrogens is 267 g/mol. The zero-order valence-electron chi connectivity index (χ0n) is 10.2. The molecule has 1 aliphatic heterocycles. The van der Waals surface area contributed by atoms with Crippen molar-refractivity contribution in [1.82, 2.24) is 10.9 Å². The lowest BCUT2D eigenvalue weighted by Crippen LogP contribution is -2.46. The first kappa shape index (κ1) is 13.6. The molecule has 4 nitrogen and oxygen atoms in total. The molecule has 2 unspecified atom stereocenters. The van der Waals surface area contributed by atoms with Gasteiger partial charge in [-0.15, -0.1) is 11.8 Å². The van der Waals surface area contributed by atoms with E-state index in [9.17, 15) is 14.0 Å². The van der Waals surface area contributed by atoms with Crippen molar-refractivity contribution in [2.24, 2.45) is 5.92 Å². The van der Waals surface area contributed by atoms with Crippen LogP contribution in [0.1, 0.15) is 17.3 Å². The van der Waals surface area contributed by atoms with Crippen molar-refractivity contribution >= 4 is 23.6 Å². The summed E-state index contributed by atoms with van der Waals surface area (Å²) in [6, 6.07) is 5.59. The van der Waals surface area contributed by atoms with E-state index < -0.39 is 11.7 Å². The van der Waals surface area contributed by atoms with Gasteiger partial charge >= 0.3 is 0 Å². The van der Waals surface area contributed by atoms with Gasteiger partial charge in [0.25, 0.3) is 11.8 Å². The molecule has 0 aliphatic carbocycles. The lowest BCUT2D eigenvalue weighted by molar-refractivity contribution is -0.121. The number of thioether (sulfide) groups is 1. The Bertz CT molecular complexity index is 533. The topological polar surface area (TPSA) is 58.2 Å². The number of allylic oxidation sites excluding steroid dienone is 1. The molecule has 2 amide bonds. The Morgan fingerprint density at radius 2 is 2.00 bits per heavy atom. The summed E-state index contributed by atoms with van der Waals surface area (Å²) in [7, 11) is 0. The molecule has 6 heteroatoms. The minimum atomic E-state index is -0.671. The van der Waals surface area contributed by atoms with Crippen LogP contribution in [0.25, 0.3) is 0 Å². The Morgan fingerprint density at radius 3 is 2.63 bits per heavy atom. The fraction of sp³-hybridized carbons (Fsp3) is 0.231. The standard InChI is InChI=1S/C13H13FN2O2S/c1-8-6-7-19-11(8)13(18)16-15-12(17)9-4-2-3-5-10(9)14/h2-8,11H,1H3,(H,15,17)(H,16,18). The molecule has 19 heavy (non-hydrogen) atoms. The molecule has 2 atom stereocenters. The molecular formula is C13H13FN2O2S. The van der Waals surface area contributed by atoms with Crippen LogP contribution >= 0.6 is 11.8 Å². The average molecular weight is 280 g/mol. The number of amides is 2. The second-order valence-electron chi connectivity index (χ2n) is 4.17. The largest absolute Gasteiger partial charge is 0.272 e. The Balaban J connectivity index is 1.91. The Kier molecular flexibility index (Phi) is 4.21. The van der Waals surface area contributed by atoms with E-state index in [2.05, 4.69) is 10.9 Å². The monoisotopic (exact) mass is 280 g/mol. The van der Waals surface area contributed by atoms with Gasteiger partial charge in [0.2, 0.25) is 0 Å². The average Bonchev–Trinajstić information content (AvgIpc) is 2.82. The van der Waals surface area contributed by atoms with E-state index in [1.165, 1.54) is 30.0 Å². The molecule has 0 radical (unpaired) electrons. The van der Waals surface area contributed by atoms with Crippen LogP contribution in [0.15, 0.2) is 35.7 Å². The molecule has 0 saturated carbocycles. The number of carbonyl (C=O) groups excluding carboxylic acids is 2. The number of rotatable bonds is 2.